The fourth-order valence-electron chi connectivity index (χ4n) is 3.83. The third kappa shape index (κ3) is 5.44. The van der Waals surface area contributed by atoms with Crippen molar-refractivity contribution < 1.29 is 27.6 Å². The third-order valence-corrected chi connectivity index (χ3v) is 7.35. The number of carbonyl (C=O) groups is 1. The van der Waals surface area contributed by atoms with Crippen LogP contribution in [0.25, 0.3) is 10.8 Å². The normalized spacial score (nSPS) is 11.7. The number of benzene rings is 4. The van der Waals surface area contributed by atoms with E-state index in [4.69, 9.17) is 27.9 Å². The molecular weight excluding hydrogens is 553 g/mol. The molecule has 0 bridgehead atoms. The number of hydrogen-bond acceptors (Lipinski definition) is 7. The van der Waals surface area contributed by atoms with Crippen molar-refractivity contribution in [3.8, 4) is 11.5 Å². The van der Waals surface area contributed by atoms with E-state index in [1.165, 1.54) is 31.4 Å². The minimum Gasteiger partial charge on any atom is -0.505 e. The Bertz CT molecular complexity index is 1710. The van der Waals surface area contributed by atoms with Crippen LogP contribution in [0.4, 0.5) is 17.1 Å². The number of aryl methyl sites for hydroxylation is 1. The molecule has 196 valence electrons. The summed E-state index contributed by atoms with van der Waals surface area (Å²) in [5, 5.41) is 23.3. The van der Waals surface area contributed by atoms with Crippen LogP contribution in [0.5, 0.6) is 11.5 Å². The van der Waals surface area contributed by atoms with Gasteiger partial charge in [0.15, 0.2) is 5.75 Å². The number of phenolic OH excluding ortho intramolecular Hbond substituents is 1. The molecule has 0 aliphatic heterocycles. The van der Waals surface area contributed by atoms with Crippen LogP contribution >= 0.6 is 23.2 Å². The summed E-state index contributed by atoms with van der Waals surface area (Å²) in [4.78, 5) is 12.7. The Morgan fingerprint density at radius 1 is 1.03 bits per heavy atom. The number of methoxy groups -OCH3 is 1. The number of ether oxygens (including phenoxy) is 1. The third-order valence-electron chi connectivity index (χ3n) is 5.72. The maximum absolute atomic E-state index is 13.2. The van der Waals surface area contributed by atoms with E-state index in [1.54, 1.807) is 43.3 Å². The van der Waals surface area contributed by atoms with Crippen molar-refractivity contribution in [2.75, 3.05) is 12.4 Å². The molecule has 0 aliphatic rings. The minimum absolute atomic E-state index is 0.00790. The second kappa shape index (κ2) is 11.0. The zero-order chi connectivity index (χ0) is 27.6. The van der Waals surface area contributed by atoms with Gasteiger partial charge >= 0.3 is 0 Å². The Kier molecular flexibility index (Phi) is 7.89. The fraction of sp³-hybridized carbons (Fsp3) is 0.115. The zero-order valence-corrected chi connectivity index (χ0v) is 22.4. The van der Waals surface area contributed by atoms with Gasteiger partial charge in [-0.2, -0.15) is 8.42 Å². The lowest BCUT2D eigenvalue weighted by atomic mass is 10.0. The van der Waals surface area contributed by atoms with Gasteiger partial charge in [0.2, 0.25) is 0 Å². The highest BCUT2D eigenvalue weighted by Crippen LogP contribution is 2.42. The van der Waals surface area contributed by atoms with Crippen LogP contribution in [0.2, 0.25) is 10.0 Å². The summed E-state index contributed by atoms with van der Waals surface area (Å²) in [7, 11) is -3.19. The molecule has 4 aromatic carbocycles. The number of anilines is 1. The Labute approximate surface area is 228 Å². The molecule has 0 unspecified atom stereocenters. The lowest BCUT2D eigenvalue weighted by Crippen LogP contribution is -2.13. The molecule has 1 amide bonds. The van der Waals surface area contributed by atoms with Gasteiger partial charge in [-0.1, -0.05) is 60.5 Å². The number of aromatic hydroxyl groups is 1. The quantitative estimate of drug-likeness (QED) is 0.156. The average molecular weight is 574 g/mol. The molecule has 0 spiro atoms. The number of halogens is 2. The lowest BCUT2D eigenvalue weighted by Gasteiger charge is -2.13. The second-order valence-corrected chi connectivity index (χ2v) is 10.3. The van der Waals surface area contributed by atoms with Crippen molar-refractivity contribution in [1.29, 1.82) is 0 Å². The van der Waals surface area contributed by atoms with Crippen LogP contribution in [0.1, 0.15) is 22.8 Å². The van der Waals surface area contributed by atoms with Gasteiger partial charge in [0.25, 0.3) is 16.0 Å². The average Bonchev–Trinajstić information content (AvgIpc) is 2.88. The number of rotatable bonds is 7. The number of amides is 1. The number of carbonyl (C=O) groups excluding carboxylic acids is 1. The molecule has 0 aliphatic carbocycles. The topological polar surface area (TPSA) is 138 Å². The van der Waals surface area contributed by atoms with Crippen LogP contribution < -0.4 is 10.1 Å². The Morgan fingerprint density at radius 3 is 2.42 bits per heavy atom. The minimum atomic E-state index is -4.62. The summed E-state index contributed by atoms with van der Waals surface area (Å²) < 4.78 is 38.3. The number of phenols is 1. The molecular formula is C26H21Cl2N3O6S. The molecule has 4 rings (SSSR count). The van der Waals surface area contributed by atoms with Crippen molar-refractivity contribution in [2.45, 2.75) is 18.2 Å². The highest BCUT2D eigenvalue weighted by atomic mass is 35.5. The van der Waals surface area contributed by atoms with Crippen molar-refractivity contribution >= 4 is 67.1 Å². The first-order chi connectivity index (χ1) is 18.0. The second-order valence-electron chi connectivity index (χ2n) is 8.06. The number of nitrogens with one attached hydrogen (secondary N) is 1. The standard InChI is InChI=1S/C26H21Cl2N3O6S/c1-3-14-8-11-21(38(34,35)36)22(28)23(14)30-31-24-17-7-5-4-6-15(17)12-18(25(24)32)26(33)29-19-10-9-16(27)13-20(19)37-2/h4-13,32H,3H2,1-2H3,(H,29,33)(H,34,35,36). The van der Waals surface area contributed by atoms with Gasteiger partial charge in [0.1, 0.15) is 22.0 Å². The Morgan fingerprint density at radius 2 is 1.74 bits per heavy atom. The van der Waals surface area contributed by atoms with Crippen LogP contribution in [0.3, 0.4) is 0 Å². The maximum atomic E-state index is 13.2. The van der Waals surface area contributed by atoms with E-state index in [9.17, 15) is 22.9 Å². The van der Waals surface area contributed by atoms with Gasteiger partial charge < -0.3 is 15.2 Å². The SMILES string of the molecule is CCc1ccc(S(=O)(=O)O)c(Cl)c1N=Nc1c(O)c(C(=O)Nc2ccc(Cl)cc2OC)cc2ccccc12. The first-order valence-electron chi connectivity index (χ1n) is 11.1. The van der Waals surface area contributed by atoms with E-state index < -0.39 is 26.7 Å². The van der Waals surface area contributed by atoms with Crippen LogP contribution in [0, 0.1) is 0 Å². The van der Waals surface area contributed by atoms with Gasteiger partial charge in [-0.25, -0.2) is 0 Å². The predicted octanol–water partition coefficient (Wildman–Crippen LogP) is 7.34. The molecule has 0 fully saturated rings. The summed E-state index contributed by atoms with van der Waals surface area (Å²) in [5.41, 5.74) is 0.765. The van der Waals surface area contributed by atoms with Gasteiger partial charge in [0, 0.05) is 16.5 Å². The number of hydrogen-bond donors (Lipinski definition) is 3. The van der Waals surface area contributed by atoms with Crippen molar-refractivity contribution in [3.63, 3.8) is 0 Å². The number of fused-ring (bicyclic) bond motifs is 1. The zero-order valence-electron chi connectivity index (χ0n) is 20.1. The molecule has 0 saturated carbocycles. The number of azo groups is 1. The predicted molar refractivity (Wildman–Crippen MR) is 146 cm³/mol. The fourth-order valence-corrected chi connectivity index (χ4v) is 5.07. The molecule has 38 heavy (non-hydrogen) atoms. The summed E-state index contributed by atoms with van der Waals surface area (Å²) in [6.07, 6.45) is 0.429. The summed E-state index contributed by atoms with van der Waals surface area (Å²) in [6.45, 7) is 1.81. The van der Waals surface area contributed by atoms with Crippen molar-refractivity contribution in [3.05, 3.63) is 81.8 Å². The van der Waals surface area contributed by atoms with Gasteiger partial charge in [-0.15, -0.1) is 10.2 Å². The Hall–Kier alpha value is -3.70. The van der Waals surface area contributed by atoms with Gasteiger partial charge in [-0.3, -0.25) is 9.35 Å². The van der Waals surface area contributed by atoms with E-state index in [2.05, 4.69) is 15.5 Å². The van der Waals surface area contributed by atoms with Crippen molar-refractivity contribution in [1.82, 2.24) is 0 Å². The highest BCUT2D eigenvalue weighted by molar-refractivity contribution is 7.86. The first kappa shape index (κ1) is 27.3. The van der Waals surface area contributed by atoms with Crippen molar-refractivity contribution in [2.24, 2.45) is 10.2 Å². The molecule has 12 heteroatoms. The van der Waals surface area contributed by atoms with Crippen LogP contribution in [-0.4, -0.2) is 31.1 Å². The van der Waals surface area contributed by atoms with E-state index in [-0.39, 0.29) is 22.0 Å². The maximum Gasteiger partial charge on any atom is 0.296 e. The Balaban J connectivity index is 1.85. The van der Waals surface area contributed by atoms with E-state index in [0.29, 0.717) is 39.2 Å². The van der Waals surface area contributed by atoms with E-state index in [1.807, 2.05) is 0 Å². The molecule has 0 atom stereocenters. The summed E-state index contributed by atoms with van der Waals surface area (Å²) in [5.74, 6) is -0.782. The molecule has 0 aromatic heterocycles. The molecule has 0 radical (unpaired) electrons. The van der Waals surface area contributed by atoms with Gasteiger partial charge in [0.05, 0.1) is 23.4 Å². The largest absolute Gasteiger partial charge is 0.505 e. The number of nitrogens with zero attached hydrogens (tertiary/aromatic N) is 2. The summed E-state index contributed by atoms with van der Waals surface area (Å²) in [6, 6.07) is 15.7. The lowest BCUT2D eigenvalue weighted by molar-refractivity contribution is 0.102. The summed E-state index contributed by atoms with van der Waals surface area (Å²) >= 11 is 12.3. The van der Waals surface area contributed by atoms with Crippen LogP contribution in [0.15, 0.2) is 75.8 Å². The monoisotopic (exact) mass is 573 g/mol. The molecule has 0 saturated heterocycles. The first-order valence-corrected chi connectivity index (χ1v) is 13.3. The molecule has 9 nitrogen and oxygen atoms in total. The van der Waals surface area contributed by atoms with Crippen LogP contribution in [-0.2, 0) is 16.5 Å². The van der Waals surface area contributed by atoms with E-state index >= 15 is 0 Å². The molecule has 4 aromatic rings. The molecule has 0 heterocycles. The highest BCUT2D eigenvalue weighted by Gasteiger charge is 2.22. The van der Waals surface area contributed by atoms with Gasteiger partial charge in [-0.05, 0) is 41.6 Å². The molecule has 3 N–H and O–H groups in total. The van der Waals surface area contributed by atoms with E-state index in [0.717, 1.165) is 0 Å². The smallest absolute Gasteiger partial charge is 0.296 e.